The second kappa shape index (κ2) is 4.87. The first-order valence-electron chi connectivity index (χ1n) is 4.60. The van der Waals surface area contributed by atoms with Crippen LogP contribution in [0.25, 0.3) is 0 Å². The van der Waals surface area contributed by atoms with Gasteiger partial charge >= 0.3 is 0 Å². The smallest absolute Gasteiger partial charge is 0.0839 e. The molecule has 0 amide bonds. The van der Waals surface area contributed by atoms with Gasteiger partial charge < -0.3 is 5.73 Å². The molecule has 0 fully saturated rings. The lowest BCUT2D eigenvalue weighted by molar-refractivity contribution is 0.650. The van der Waals surface area contributed by atoms with Crippen molar-refractivity contribution in [2.75, 3.05) is 6.54 Å². The van der Waals surface area contributed by atoms with Crippen molar-refractivity contribution in [1.82, 2.24) is 15.0 Å². The highest BCUT2D eigenvalue weighted by Crippen LogP contribution is 2.21. The maximum absolute atomic E-state index is 5.44. The van der Waals surface area contributed by atoms with Gasteiger partial charge in [0.2, 0.25) is 0 Å². The van der Waals surface area contributed by atoms with Crippen LogP contribution in [-0.2, 0) is 13.0 Å². The molecule has 2 heterocycles. The van der Waals surface area contributed by atoms with Gasteiger partial charge in [0.05, 0.1) is 16.0 Å². The van der Waals surface area contributed by atoms with Crippen LogP contribution < -0.4 is 5.73 Å². The Morgan fingerprint density at radius 3 is 3.07 bits per heavy atom. The third-order valence-corrected chi connectivity index (χ3v) is 3.51. The van der Waals surface area contributed by atoms with Crippen molar-refractivity contribution in [2.24, 2.45) is 5.73 Å². The van der Waals surface area contributed by atoms with Crippen molar-refractivity contribution < 1.29 is 0 Å². The molecule has 15 heavy (non-hydrogen) atoms. The van der Waals surface area contributed by atoms with Crippen LogP contribution in [0.1, 0.15) is 11.3 Å². The minimum Gasteiger partial charge on any atom is -0.330 e. The van der Waals surface area contributed by atoms with Crippen molar-refractivity contribution in [3.8, 4) is 0 Å². The van der Waals surface area contributed by atoms with Gasteiger partial charge in [-0.2, -0.15) is 0 Å². The van der Waals surface area contributed by atoms with E-state index in [4.69, 9.17) is 5.73 Å². The van der Waals surface area contributed by atoms with E-state index in [-0.39, 0.29) is 0 Å². The van der Waals surface area contributed by atoms with Gasteiger partial charge in [0.15, 0.2) is 0 Å². The Kier molecular flexibility index (Phi) is 3.50. The number of nitrogens with two attached hydrogens (primary N) is 1. The molecule has 0 saturated carbocycles. The first-order chi connectivity index (χ1) is 7.28. The Balaban J connectivity index is 2.04. The zero-order chi connectivity index (χ0) is 10.7. The maximum atomic E-state index is 5.44. The van der Waals surface area contributed by atoms with Gasteiger partial charge in [-0.1, -0.05) is 5.21 Å². The topological polar surface area (TPSA) is 56.7 Å². The normalized spacial score (nSPS) is 10.8. The van der Waals surface area contributed by atoms with Gasteiger partial charge in [0.25, 0.3) is 0 Å². The van der Waals surface area contributed by atoms with E-state index in [1.807, 2.05) is 10.9 Å². The monoisotopic (exact) mass is 286 g/mol. The van der Waals surface area contributed by atoms with Gasteiger partial charge in [0, 0.05) is 12.6 Å². The largest absolute Gasteiger partial charge is 0.330 e. The summed E-state index contributed by atoms with van der Waals surface area (Å²) in [5, 5.41) is 10.2. The number of nitrogens with zero attached hydrogens (tertiary/aromatic N) is 3. The van der Waals surface area contributed by atoms with Crippen LogP contribution in [0.15, 0.2) is 21.4 Å². The molecular formula is C9H11BrN4S. The molecule has 0 atom stereocenters. The van der Waals surface area contributed by atoms with Crippen molar-refractivity contribution >= 4 is 27.3 Å². The second-order valence-electron chi connectivity index (χ2n) is 3.21. The molecule has 2 N–H and O–H groups in total. The average Bonchev–Trinajstić information content (AvgIpc) is 2.78. The van der Waals surface area contributed by atoms with Crippen LogP contribution in [0.5, 0.6) is 0 Å². The molecule has 0 unspecified atom stereocenters. The van der Waals surface area contributed by atoms with Crippen molar-refractivity contribution in [3.63, 3.8) is 0 Å². The zero-order valence-corrected chi connectivity index (χ0v) is 10.5. The van der Waals surface area contributed by atoms with E-state index in [1.54, 1.807) is 11.3 Å². The second-order valence-corrected chi connectivity index (χ2v) is 5.50. The first-order valence-corrected chi connectivity index (χ1v) is 6.27. The summed E-state index contributed by atoms with van der Waals surface area (Å²) >= 11 is 5.11. The zero-order valence-electron chi connectivity index (χ0n) is 8.06. The summed E-state index contributed by atoms with van der Waals surface area (Å²) in [4.78, 5) is 0. The van der Waals surface area contributed by atoms with E-state index in [2.05, 4.69) is 37.7 Å². The van der Waals surface area contributed by atoms with Crippen LogP contribution in [0.4, 0.5) is 0 Å². The fourth-order valence-electron chi connectivity index (χ4n) is 1.29. The number of hydrogen-bond donors (Lipinski definition) is 1. The van der Waals surface area contributed by atoms with Crippen molar-refractivity contribution in [1.29, 1.82) is 0 Å². The highest BCUT2D eigenvalue weighted by Gasteiger charge is 2.02. The molecule has 2 aromatic rings. The fraction of sp³-hybridized carbons (Fsp3) is 0.333. The highest BCUT2D eigenvalue weighted by molar-refractivity contribution is 9.11. The summed E-state index contributed by atoms with van der Waals surface area (Å²) < 4.78 is 2.97. The van der Waals surface area contributed by atoms with Crippen LogP contribution >= 0.6 is 27.3 Å². The predicted molar refractivity (Wildman–Crippen MR) is 63.9 cm³/mol. The molecule has 0 spiro atoms. The van der Waals surface area contributed by atoms with Crippen LogP contribution in [0.3, 0.4) is 0 Å². The quantitative estimate of drug-likeness (QED) is 0.930. The predicted octanol–water partition coefficient (Wildman–Crippen LogP) is 1.65. The number of aromatic nitrogens is 3. The standard InChI is InChI=1S/C9H11BrN4S/c10-9-3-7(6-15-9)4-14-5-8(1-2-11)12-13-14/h3,5-6H,1-2,4,11H2. The summed E-state index contributed by atoms with van der Waals surface area (Å²) in [5.74, 6) is 0. The minimum absolute atomic E-state index is 0.614. The lowest BCUT2D eigenvalue weighted by Crippen LogP contribution is -2.02. The molecule has 2 aromatic heterocycles. The van der Waals surface area contributed by atoms with Crippen molar-refractivity contribution in [2.45, 2.75) is 13.0 Å². The molecule has 0 aromatic carbocycles. The molecule has 4 nitrogen and oxygen atoms in total. The lowest BCUT2D eigenvalue weighted by Gasteiger charge is -1.95. The average molecular weight is 287 g/mol. The van der Waals surface area contributed by atoms with E-state index in [1.165, 1.54) is 5.56 Å². The molecule has 80 valence electrons. The summed E-state index contributed by atoms with van der Waals surface area (Å²) in [6, 6.07) is 2.09. The van der Waals surface area contributed by atoms with Gasteiger partial charge in [-0.3, -0.25) is 0 Å². The summed E-state index contributed by atoms with van der Waals surface area (Å²) in [6.45, 7) is 1.38. The molecule has 0 aliphatic carbocycles. The first kappa shape index (κ1) is 10.8. The molecule has 0 bridgehead atoms. The van der Waals surface area contributed by atoms with E-state index >= 15 is 0 Å². The van der Waals surface area contributed by atoms with E-state index in [0.717, 1.165) is 22.4 Å². The Labute approximate surface area is 100 Å². The molecule has 6 heteroatoms. The van der Waals surface area contributed by atoms with Crippen molar-refractivity contribution in [3.05, 3.63) is 32.7 Å². The van der Waals surface area contributed by atoms with Gasteiger partial charge in [0.1, 0.15) is 0 Å². The molecule has 0 radical (unpaired) electrons. The van der Waals surface area contributed by atoms with Gasteiger partial charge in [-0.05, 0) is 39.5 Å². The Morgan fingerprint density at radius 1 is 1.53 bits per heavy atom. The summed E-state index contributed by atoms with van der Waals surface area (Å²) in [6.07, 6.45) is 2.73. The summed E-state index contributed by atoms with van der Waals surface area (Å²) in [5.41, 5.74) is 7.63. The molecule has 2 rings (SSSR count). The Morgan fingerprint density at radius 2 is 2.40 bits per heavy atom. The SMILES string of the molecule is NCCc1cn(Cc2csc(Br)c2)nn1. The summed E-state index contributed by atoms with van der Waals surface area (Å²) in [7, 11) is 0. The third kappa shape index (κ3) is 2.87. The fourth-order valence-corrected chi connectivity index (χ4v) is 2.49. The Hall–Kier alpha value is -0.720. The molecule has 0 saturated heterocycles. The highest BCUT2D eigenvalue weighted by atomic mass is 79.9. The van der Waals surface area contributed by atoms with Crippen LogP contribution in [0.2, 0.25) is 0 Å². The third-order valence-electron chi connectivity index (χ3n) is 1.95. The number of rotatable bonds is 4. The molecule has 0 aliphatic rings. The van der Waals surface area contributed by atoms with Crippen LogP contribution in [-0.4, -0.2) is 21.5 Å². The van der Waals surface area contributed by atoms with Gasteiger partial charge in [-0.15, -0.1) is 16.4 Å². The number of thiophene rings is 1. The maximum Gasteiger partial charge on any atom is 0.0839 e. The van der Waals surface area contributed by atoms with Crippen LogP contribution in [0, 0.1) is 0 Å². The van der Waals surface area contributed by atoms with Gasteiger partial charge in [-0.25, -0.2) is 4.68 Å². The molecular weight excluding hydrogens is 276 g/mol. The van der Waals surface area contributed by atoms with E-state index in [9.17, 15) is 0 Å². The van der Waals surface area contributed by atoms with E-state index < -0.39 is 0 Å². The lowest BCUT2D eigenvalue weighted by atomic mass is 10.3. The molecule has 0 aliphatic heterocycles. The minimum atomic E-state index is 0.614. The Bertz CT molecular complexity index is 437. The van der Waals surface area contributed by atoms with E-state index in [0.29, 0.717) is 6.54 Å². The number of hydrogen-bond acceptors (Lipinski definition) is 4. The number of halogens is 1.